The van der Waals surface area contributed by atoms with E-state index in [1.165, 1.54) is 30.5 Å². The Bertz CT molecular complexity index is 907. The average Bonchev–Trinajstić information content (AvgIpc) is 3.12. The molecule has 1 aromatic heterocycles. The topological polar surface area (TPSA) is 84.2 Å². The normalized spacial score (nSPS) is 11.7. The molecule has 2 aromatic carbocycles. The summed E-state index contributed by atoms with van der Waals surface area (Å²) in [5.41, 5.74) is 1.61. The van der Waals surface area contributed by atoms with Crippen molar-refractivity contribution in [2.45, 2.75) is 12.5 Å². The fraction of sp³-hybridized carbons (Fsp3) is 0.105. The summed E-state index contributed by atoms with van der Waals surface area (Å²) in [4.78, 5) is 23.6. The largest absolute Gasteiger partial charge is 0.481 e. The minimum atomic E-state index is -1.07. The van der Waals surface area contributed by atoms with Gasteiger partial charge in [-0.15, -0.1) is 0 Å². The summed E-state index contributed by atoms with van der Waals surface area (Å²) in [6.07, 6.45) is 2.65. The fourth-order valence-electron chi connectivity index (χ4n) is 2.53. The van der Waals surface area contributed by atoms with Crippen molar-refractivity contribution in [2.24, 2.45) is 0 Å². The van der Waals surface area contributed by atoms with Crippen LogP contribution in [-0.2, 0) is 4.79 Å². The smallest absolute Gasteiger partial charge is 0.305 e. The lowest BCUT2D eigenvalue weighted by Crippen LogP contribution is -2.30. The number of carbonyl (C=O) groups is 2. The van der Waals surface area contributed by atoms with Gasteiger partial charge in [-0.05, 0) is 29.8 Å². The number of rotatable bonds is 6. The molecule has 0 radical (unpaired) electrons. The van der Waals surface area contributed by atoms with Crippen molar-refractivity contribution < 1.29 is 19.1 Å². The average molecular weight is 353 g/mol. The highest BCUT2D eigenvalue weighted by molar-refractivity contribution is 5.94. The number of aliphatic carboxylic acids is 1. The van der Waals surface area contributed by atoms with Crippen molar-refractivity contribution in [3.05, 3.63) is 83.9 Å². The molecule has 0 saturated heterocycles. The maximum Gasteiger partial charge on any atom is 0.305 e. The van der Waals surface area contributed by atoms with Gasteiger partial charge in [0.25, 0.3) is 5.91 Å². The van der Waals surface area contributed by atoms with Crippen LogP contribution in [0.2, 0.25) is 0 Å². The van der Waals surface area contributed by atoms with Crippen LogP contribution < -0.4 is 5.32 Å². The molecule has 26 heavy (non-hydrogen) atoms. The Morgan fingerprint density at radius 1 is 1.12 bits per heavy atom. The number of hydrogen-bond donors (Lipinski definition) is 2. The predicted molar refractivity (Wildman–Crippen MR) is 92.4 cm³/mol. The van der Waals surface area contributed by atoms with Crippen LogP contribution in [0.5, 0.6) is 0 Å². The summed E-state index contributed by atoms with van der Waals surface area (Å²) >= 11 is 0. The van der Waals surface area contributed by atoms with Crippen molar-refractivity contribution in [1.82, 2.24) is 15.1 Å². The molecule has 0 spiro atoms. The minimum absolute atomic E-state index is 0.298. The number of carboxylic acid groups (broad SMARTS) is 1. The monoisotopic (exact) mass is 353 g/mol. The molecule has 132 valence electrons. The van der Waals surface area contributed by atoms with Gasteiger partial charge in [0.2, 0.25) is 0 Å². The second-order valence-electron chi connectivity index (χ2n) is 5.68. The molecule has 0 aliphatic heterocycles. The Morgan fingerprint density at radius 3 is 2.46 bits per heavy atom. The van der Waals surface area contributed by atoms with E-state index in [9.17, 15) is 14.0 Å². The van der Waals surface area contributed by atoms with Gasteiger partial charge in [0, 0.05) is 6.20 Å². The molecule has 0 fully saturated rings. The lowest BCUT2D eigenvalue weighted by Gasteiger charge is -2.17. The standard InChI is InChI=1S/C19H16FN3O3/c20-15-8-6-13(7-9-15)17(10-18(24)25)22-19(26)14-11-21-23(12-14)16-4-2-1-3-5-16/h1-9,11-12,17H,10H2,(H,22,26)(H,24,25). The molecule has 3 rings (SSSR count). The maximum absolute atomic E-state index is 13.1. The van der Waals surface area contributed by atoms with Crippen LogP contribution >= 0.6 is 0 Å². The van der Waals surface area contributed by atoms with Crippen LogP contribution in [0.15, 0.2) is 67.0 Å². The van der Waals surface area contributed by atoms with Gasteiger partial charge in [-0.3, -0.25) is 9.59 Å². The number of halogens is 1. The highest BCUT2D eigenvalue weighted by Gasteiger charge is 2.20. The summed E-state index contributed by atoms with van der Waals surface area (Å²) < 4.78 is 14.6. The van der Waals surface area contributed by atoms with Crippen molar-refractivity contribution in [2.75, 3.05) is 0 Å². The zero-order chi connectivity index (χ0) is 18.5. The molecule has 1 unspecified atom stereocenters. The summed E-state index contributed by atoms with van der Waals surface area (Å²) in [5.74, 6) is -1.96. The number of nitrogens with zero attached hydrogens (tertiary/aromatic N) is 2. The Balaban J connectivity index is 1.78. The van der Waals surface area contributed by atoms with Crippen LogP contribution in [0.4, 0.5) is 4.39 Å². The van der Waals surface area contributed by atoms with Gasteiger partial charge in [0.1, 0.15) is 5.82 Å². The van der Waals surface area contributed by atoms with Gasteiger partial charge in [-0.2, -0.15) is 5.10 Å². The first-order valence-electron chi connectivity index (χ1n) is 7.91. The zero-order valence-electron chi connectivity index (χ0n) is 13.7. The molecule has 1 atom stereocenters. The predicted octanol–water partition coefficient (Wildman–Crippen LogP) is 2.96. The molecule has 1 heterocycles. The number of aromatic nitrogens is 2. The Morgan fingerprint density at radius 2 is 1.81 bits per heavy atom. The molecule has 1 amide bonds. The molecular weight excluding hydrogens is 337 g/mol. The van der Waals surface area contributed by atoms with E-state index < -0.39 is 23.7 Å². The third-order valence-corrected chi connectivity index (χ3v) is 3.82. The second kappa shape index (κ2) is 7.60. The van der Waals surface area contributed by atoms with Crippen molar-refractivity contribution in [1.29, 1.82) is 0 Å². The number of carbonyl (C=O) groups excluding carboxylic acids is 1. The van der Waals surface area contributed by atoms with Crippen LogP contribution in [-0.4, -0.2) is 26.8 Å². The lowest BCUT2D eigenvalue weighted by atomic mass is 10.0. The van der Waals surface area contributed by atoms with Crippen LogP contribution in [0.3, 0.4) is 0 Å². The van der Waals surface area contributed by atoms with E-state index in [0.29, 0.717) is 11.1 Å². The first kappa shape index (κ1) is 17.3. The van der Waals surface area contributed by atoms with Gasteiger partial charge in [0.15, 0.2) is 0 Å². The van der Waals surface area contributed by atoms with Gasteiger partial charge < -0.3 is 10.4 Å². The SMILES string of the molecule is O=C(O)CC(NC(=O)c1cnn(-c2ccccc2)c1)c1ccc(F)cc1. The number of para-hydroxylation sites is 1. The molecule has 0 bridgehead atoms. The van der Waals surface area contributed by atoms with E-state index in [4.69, 9.17) is 5.11 Å². The molecule has 0 aliphatic rings. The third-order valence-electron chi connectivity index (χ3n) is 3.82. The van der Waals surface area contributed by atoms with Crippen molar-refractivity contribution >= 4 is 11.9 Å². The van der Waals surface area contributed by atoms with E-state index >= 15 is 0 Å². The Kier molecular flexibility index (Phi) is 5.07. The van der Waals surface area contributed by atoms with Gasteiger partial charge in [-0.25, -0.2) is 9.07 Å². The van der Waals surface area contributed by atoms with Gasteiger partial charge in [0.05, 0.1) is 29.9 Å². The Labute approximate surface area is 148 Å². The number of carboxylic acids is 1. The van der Waals surface area contributed by atoms with Crippen LogP contribution in [0.1, 0.15) is 28.4 Å². The molecule has 0 saturated carbocycles. The second-order valence-corrected chi connectivity index (χ2v) is 5.68. The molecule has 0 aliphatic carbocycles. The van der Waals surface area contributed by atoms with Gasteiger partial charge in [-0.1, -0.05) is 30.3 Å². The van der Waals surface area contributed by atoms with E-state index in [1.807, 2.05) is 30.3 Å². The number of benzene rings is 2. The highest BCUT2D eigenvalue weighted by Crippen LogP contribution is 2.18. The molecule has 7 heteroatoms. The first-order valence-corrected chi connectivity index (χ1v) is 7.91. The number of hydrogen-bond acceptors (Lipinski definition) is 3. The minimum Gasteiger partial charge on any atom is -0.481 e. The third kappa shape index (κ3) is 4.13. The lowest BCUT2D eigenvalue weighted by molar-refractivity contribution is -0.137. The summed E-state index contributed by atoms with van der Waals surface area (Å²) in [5, 5.41) is 15.9. The van der Waals surface area contributed by atoms with Crippen LogP contribution in [0.25, 0.3) is 5.69 Å². The van der Waals surface area contributed by atoms with E-state index in [2.05, 4.69) is 10.4 Å². The summed E-state index contributed by atoms with van der Waals surface area (Å²) in [6, 6.07) is 13.9. The van der Waals surface area contributed by atoms with E-state index in [0.717, 1.165) is 5.69 Å². The zero-order valence-corrected chi connectivity index (χ0v) is 13.7. The van der Waals surface area contributed by atoms with Crippen molar-refractivity contribution in [3.63, 3.8) is 0 Å². The highest BCUT2D eigenvalue weighted by atomic mass is 19.1. The summed E-state index contributed by atoms with van der Waals surface area (Å²) in [6.45, 7) is 0. The quantitative estimate of drug-likeness (QED) is 0.714. The molecule has 6 nitrogen and oxygen atoms in total. The molecular formula is C19H16FN3O3. The van der Waals surface area contributed by atoms with Gasteiger partial charge >= 0.3 is 5.97 Å². The molecule has 2 N–H and O–H groups in total. The Hall–Kier alpha value is -3.48. The van der Waals surface area contributed by atoms with E-state index in [1.54, 1.807) is 10.9 Å². The number of nitrogens with one attached hydrogen (secondary N) is 1. The summed E-state index contributed by atoms with van der Waals surface area (Å²) in [7, 11) is 0. The van der Waals surface area contributed by atoms with E-state index in [-0.39, 0.29) is 6.42 Å². The van der Waals surface area contributed by atoms with Crippen molar-refractivity contribution in [3.8, 4) is 5.69 Å². The first-order chi connectivity index (χ1) is 12.5. The fourth-order valence-corrected chi connectivity index (χ4v) is 2.53. The molecule has 3 aromatic rings. The maximum atomic E-state index is 13.1. The van der Waals surface area contributed by atoms with Crippen LogP contribution in [0, 0.1) is 5.82 Å². The number of amides is 1.